The molecule has 1 aromatic rings. The Balaban J connectivity index is 2.03. The first-order valence-electron chi connectivity index (χ1n) is 6.26. The number of ether oxygens (including phenoxy) is 1. The maximum absolute atomic E-state index is 6.12. The number of nitrogens with zero attached hydrogens (tertiary/aromatic N) is 1. The quantitative estimate of drug-likeness (QED) is 0.868. The van der Waals surface area contributed by atoms with Gasteiger partial charge in [-0.15, -0.1) is 0 Å². The van der Waals surface area contributed by atoms with Crippen LogP contribution in [0.1, 0.15) is 19.8 Å². The molecule has 0 amide bonds. The van der Waals surface area contributed by atoms with Crippen molar-refractivity contribution in [2.45, 2.75) is 25.4 Å². The monoisotopic (exact) mass is 234 g/mol. The molecule has 0 radical (unpaired) electrons. The molecule has 1 fully saturated rings. The van der Waals surface area contributed by atoms with E-state index in [0.717, 1.165) is 31.7 Å². The molecule has 0 spiro atoms. The molecule has 0 atom stereocenters. The van der Waals surface area contributed by atoms with Gasteiger partial charge in [0.05, 0.1) is 0 Å². The molecule has 0 aromatic heterocycles. The van der Waals surface area contributed by atoms with Crippen molar-refractivity contribution < 1.29 is 4.74 Å². The average Bonchev–Trinajstić information content (AvgIpc) is 2.30. The molecule has 1 heterocycles. The first kappa shape index (κ1) is 12.2. The Hall–Kier alpha value is -1.22. The largest absolute Gasteiger partial charge is 0.487 e. The van der Waals surface area contributed by atoms with Gasteiger partial charge in [-0.3, -0.25) is 0 Å². The van der Waals surface area contributed by atoms with Crippen LogP contribution in [-0.2, 0) is 0 Å². The lowest BCUT2D eigenvalue weighted by molar-refractivity contribution is 0.0556. The van der Waals surface area contributed by atoms with Gasteiger partial charge in [0.1, 0.15) is 11.4 Å². The number of anilines is 1. The highest BCUT2D eigenvalue weighted by atomic mass is 16.5. The first-order valence-corrected chi connectivity index (χ1v) is 6.26. The van der Waals surface area contributed by atoms with Crippen LogP contribution in [0, 0.1) is 0 Å². The summed E-state index contributed by atoms with van der Waals surface area (Å²) in [6, 6.07) is 8.31. The van der Waals surface area contributed by atoms with Crippen molar-refractivity contribution in [3.63, 3.8) is 0 Å². The Bertz CT molecular complexity index is 353. The first-order chi connectivity index (χ1) is 8.09. The van der Waals surface area contributed by atoms with E-state index in [4.69, 9.17) is 4.74 Å². The zero-order chi connectivity index (χ0) is 12.3. The predicted molar refractivity (Wildman–Crippen MR) is 71.9 cm³/mol. The summed E-state index contributed by atoms with van der Waals surface area (Å²) in [4.78, 5) is 2.09. The summed E-state index contributed by atoms with van der Waals surface area (Å²) in [5, 5.41) is 3.36. The molecule has 1 N–H and O–H groups in total. The third-order valence-corrected chi connectivity index (χ3v) is 3.38. The summed E-state index contributed by atoms with van der Waals surface area (Å²) in [6.07, 6.45) is 2.14. The van der Waals surface area contributed by atoms with Gasteiger partial charge in [0.2, 0.25) is 0 Å². The van der Waals surface area contributed by atoms with Gasteiger partial charge in [-0.05, 0) is 57.1 Å². The average molecular weight is 234 g/mol. The lowest BCUT2D eigenvalue weighted by Crippen LogP contribution is -2.43. The van der Waals surface area contributed by atoms with Crippen molar-refractivity contribution in [3.05, 3.63) is 24.3 Å². The van der Waals surface area contributed by atoms with Crippen LogP contribution in [0.5, 0.6) is 5.75 Å². The van der Waals surface area contributed by atoms with Crippen LogP contribution in [0.3, 0.4) is 0 Å². The van der Waals surface area contributed by atoms with Gasteiger partial charge in [0, 0.05) is 19.8 Å². The van der Waals surface area contributed by atoms with Crippen LogP contribution >= 0.6 is 0 Å². The summed E-state index contributed by atoms with van der Waals surface area (Å²) in [5.41, 5.74) is 1.19. The normalized spacial score (nSPS) is 18.8. The topological polar surface area (TPSA) is 24.5 Å². The minimum absolute atomic E-state index is 0.00904. The van der Waals surface area contributed by atoms with E-state index in [0.29, 0.717) is 0 Å². The van der Waals surface area contributed by atoms with E-state index in [1.54, 1.807) is 0 Å². The van der Waals surface area contributed by atoms with Crippen LogP contribution in [0.25, 0.3) is 0 Å². The van der Waals surface area contributed by atoms with Crippen molar-refractivity contribution in [1.29, 1.82) is 0 Å². The molecule has 1 aliphatic heterocycles. The molecule has 17 heavy (non-hydrogen) atoms. The predicted octanol–water partition coefficient (Wildman–Crippen LogP) is 2.27. The highest BCUT2D eigenvalue weighted by Crippen LogP contribution is 2.27. The summed E-state index contributed by atoms with van der Waals surface area (Å²) >= 11 is 0. The molecular weight excluding hydrogens is 212 g/mol. The van der Waals surface area contributed by atoms with Gasteiger partial charge in [-0.2, -0.15) is 0 Å². The Kier molecular flexibility index (Phi) is 3.57. The second kappa shape index (κ2) is 4.96. The fraction of sp³-hybridized carbons (Fsp3) is 0.571. The molecule has 1 saturated heterocycles. The summed E-state index contributed by atoms with van der Waals surface area (Å²) in [5.74, 6) is 0.972. The van der Waals surface area contributed by atoms with Crippen molar-refractivity contribution in [1.82, 2.24) is 5.32 Å². The van der Waals surface area contributed by atoms with E-state index in [2.05, 4.69) is 41.4 Å². The molecule has 1 aromatic carbocycles. The van der Waals surface area contributed by atoms with E-state index in [-0.39, 0.29) is 5.60 Å². The zero-order valence-corrected chi connectivity index (χ0v) is 11.0. The maximum atomic E-state index is 6.12. The van der Waals surface area contributed by atoms with E-state index in [1.807, 2.05) is 14.1 Å². The van der Waals surface area contributed by atoms with E-state index in [9.17, 15) is 0 Å². The Morgan fingerprint density at radius 3 is 2.24 bits per heavy atom. The highest BCUT2D eigenvalue weighted by Gasteiger charge is 2.28. The van der Waals surface area contributed by atoms with Crippen molar-refractivity contribution in [2.24, 2.45) is 0 Å². The second-order valence-corrected chi connectivity index (χ2v) is 5.19. The number of rotatable bonds is 3. The fourth-order valence-electron chi connectivity index (χ4n) is 2.15. The number of nitrogens with one attached hydrogen (secondary N) is 1. The van der Waals surface area contributed by atoms with Crippen LogP contribution in [-0.4, -0.2) is 32.8 Å². The molecule has 0 aliphatic carbocycles. The molecule has 94 valence electrons. The van der Waals surface area contributed by atoms with Gasteiger partial charge >= 0.3 is 0 Å². The molecule has 0 unspecified atom stereocenters. The van der Waals surface area contributed by atoms with Crippen molar-refractivity contribution >= 4 is 5.69 Å². The number of piperidine rings is 1. The minimum Gasteiger partial charge on any atom is -0.487 e. The Morgan fingerprint density at radius 1 is 1.12 bits per heavy atom. The van der Waals surface area contributed by atoms with Gasteiger partial charge in [0.15, 0.2) is 0 Å². The number of hydrogen-bond acceptors (Lipinski definition) is 3. The molecular formula is C14H22N2O. The van der Waals surface area contributed by atoms with E-state index >= 15 is 0 Å². The van der Waals surface area contributed by atoms with Gasteiger partial charge < -0.3 is 15.0 Å². The standard InChI is InChI=1S/C14H22N2O/c1-14(8-10-15-11-9-14)17-13-6-4-12(5-7-13)16(2)3/h4-7,15H,8-11H2,1-3H3. The van der Waals surface area contributed by atoms with Crippen LogP contribution in [0.4, 0.5) is 5.69 Å². The molecule has 0 saturated carbocycles. The summed E-state index contributed by atoms with van der Waals surface area (Å²) < 4.78 is 6.12. The van der Waals surface area contributed by atoms with E-state index in [1.165, 1.54) is 5.69 Å². The lowest BCUT2D eigenvalue weighted by Gasteiger charge is -2.34. The lowest BCUT2D eigenvalue weighted by atomic mass is 9.94. The van der Waals surface area contributed by atoms with Crippen LogP contribution < -0.4 is 15.0 Å². The van der Waals surface area contributed by atoms with Gasteiger partial charge in [0.25, 0.3) is 0 Å². The molecule has 3 heteroatoms. The SMILES string of the molecule is CN(C)c1ccc(OC2(C)CCNCC2)cc1. The molecule has 0 bridgehead atoms. The summed E-state index contributed by atoms with van der Waals surface area (Å²) in [6.45, 7) is 4.30. The fourth-order valence-corrected chi connectivity index (χ4v) is 2.15. The number of benzene rings is 1. The Morgan fingerprint density at radius 2 is 1.71 bits per heavy atom. The third-order valence-electron chi connectivity index (χ3n) is 3.38. The van der Waals surface area contributed by atoms with Gasteiger partial charge in [-0.25, -0.2) is 0 Å². The van der Waals surface area contributed by atoms with Gasteiger partial charge in [-0.1, -0.05) is 0 Å². The number of hydrogen-bond donors (Lipinski definition) is 1. The van der Waals surface area contributed by atoms with E-state index < -0.39 is 0 Å². The maximum Gasteiger partial charge on any atom is 0.120 e. The second-order valence-electron chi connectivity index (χ2n) is 5.19. The molecule has 3 nitrogen and oxygen atoms in total. The molecule has 1 aliphatic rings. The highest BCUT2D eigenvalue weighted by molar-refractivity contribution is 5.47. The van der Waals surface area contributed by atoms with Crippen molar-refractivity contribution in [2.75, 3.05) is 32.1 Å². The third kappa shape index (κ3) is 3.13. The molecule has 2 rings (SSSR count). The minimum atomic E-state index is -0.00904. The van der Waals surface area contributed by atoms with Crippen LogP contribution in [0.2, 0.25) is 0 Å². The smallest absolute Gasteiger partial charge is 0.120 e. The van der Waals surface area contributed by atoms with Crippen molar-refractivity contribution in [3.8, 4) is 5.75 Å². The van der Waals surface area contributed by atoms with Crippen LogP contribution in [0.15, 0.2) is 24.3 Å². The summed E-state index contributed by atoms with van der Waals surface area (Å²) in [7, 11) is 4.09. The Labute approximate surface area is 104 Å². The zero-order valence-electron chi connectivity index (χ0n) is 11.0.